The molecule has 1 aliphatic rings. The predicted octanol–water partition coefficient (Wildman–Crippen LogP) is 3.28. The summed E-state index contributed by atoms with van der Waals surface area (Å²) in [4.78, 5) is 15.7. The van der Waals surface area contributed by atoms with Crippen LogP contribution in [0.1, 0.15) is 5.56 Å². The van der Waals surface area contributed by atoms with E-state index in [4.69, 9.17) is 4.74 Å². The number of carbonyl (C=O) groups excluding carboxylic acids is 1. The summed E-state index contributed by atoms with van der Waals surface area (Å²) in [5.41, 5.74) is 1.55. The minimum absolute atomic E-state index is 0.229. The second kappa shape index (κ2) is 7.13. The van der Waals surface area contributed by atoms with E-state index >= 15 is 0 Å². The number of hydrogen-bond acceptors (Lipinski definition) is 3. The third-order valence-corrected chi connectivity index (χ3v) is 3.94. The monoisotopic (exact) mass is 314 g/mol. The summed E-state index contributed by atoms with van der Waals surface area (Å²) in [6.07, 6.45) is -0.318. The van der Waals surface area contributed by atoms with Crippen LogP contribution in [0.2, 0.25) is 0 Å². The molecule has 0 atom stereocenters. The molecule has 1 fully saturated rings. The van der Waals surface area contributed by atoms with Gasteiger partial charge in [-0.1, -0.05) is 42.5 Å². The Morgan fingerprint density at radius 2 is 1.61 bits per heavy atom. The molecule has 0 unspecified atom stereocenters. The molecule has 4 nitrogen and oxygen atoms in total. The Morgan fingerprint density at radius 1 is 0.957 bits per heavy atom. The molecule has 2 aromatic rings. The fourth-order valence-corrected chi connectivity index (χ4v) is 2.65. The van der Waals surface area contributed by atoms with Gasteiger partial charge in [-0.3, -0.25) is 0 Å². The van der Waals surface area contributed by atoms with Gasteiger partial charge in [0, 0.05) is 26.2 Å². The molecule has 120 valence electrons. The Kier molecular flexibility index (Phi) is 4.76. The lowest BCUT2D eigenvalue weighted by molar-refractivity contribution is 0.0941. The molecular formula is C18H19FN2O2. The van der Waals surface area contributed by atoms with Crippen molar-refractivity contribution in [2.75, 3.05) is 31.1 Å². The smallest absolute Gasteiger partial charge is 0.410 e. The summed E-state index contributed by atoms with van der Waals surface area (Å²) in [6, 6.07) is 16.3. The first-order valence-corrected chi connectivity index (χ1v) is 7.69. The standard InChI is InChI=1S/C18H19FN2O2/c19-16-8-4-5-9-17(16)20-10-12-21(13-11-20)18(22)23-14-15-6-2-1-3-7-15/h1-9H,10-14H2. The molecule has 1 saturated heterocycles. The Labute approximate surface area is 135 Å². The number of nitrogens with zero attached hydrogens (tertiary/aromatic N) is 2. The van der Waals surface area contributed by atoms with Crippen LogP contribution in [0, 0.1) is 5.82 Å². The maximum Gasteiger partial charge on any atom is 0.410 e. The molecule has 0 N–H and O–H groups in total. The summed E-state index contributed by atoms with van der Waals surface area (Å²) in [6.45, 7) is 2.53. The summed E-state index contributed by atoms with van der Waals surface area (Å²) in [7, 11) is 0. The van der Waals surface area contributed by atoms with Gasteiger partial charge in [-0.05, 0) is 17.7 Å². The van der Waals surface area contributed by atoms with Gasteiger partial charge in [-0.15, -0.1) is 0 Å². The molecular weight excluding hydrogens is 295 g/mol. The highest BCUT2D eigenvalue weighted by atomic mass is 19.1. The average molecular weight is 314 g/mol. The second-order valence-corrected chi connectivity index (χ2v) is 5.47. The van der Waals surface area contributed by atoms with Gasteiger partial charge in [-0.2, -0.15) is 0 Å². The Hall–Kier alpha value is -2.56. The maximum atomic E-state index is 13.8. The molecule has 3 rings (SSSR count). The van der Waals surface area contributed by atoms with Gasteiger partial charge in [0.05, 0.1) is 5.69 Å². The molecule has 1 heterocycles. The van der Waals surface area contributed by atoms with E-state index in [-0.39, 0.29) is 18.5 Å². The van der Waals surface area contributed by atoms with Crippen molar-refractivity contribution < 1.29 is 13.9 Å². The van der Waals surface area contributed by atoms with Gasteiger partial charge in [0.1, 0.15) is 12.4 Å². The topological polar surface area (TPSA) is 32.8 Å². The number of piperazine rings is 1. The quantitative estimate of drug-likeness (QED) is 0.871. The summed E-state index contributed by atoms with van der Waals surface area (Å²) >= 11 is 0. The lowest BCUT2D eigenvalue weighted by Crippen LogP contribution is -2.49. The van der Waals surface area contributed by atoms with Crippen molar-refractivity contribution in [3.63, 3.8) is 0 Å². The van der Waals surface area contributed by atoms with E-state index in [1.807, 2.05) is 41.3 Å². The highest BCUT2D eigenvalue weighted by Gasteiger charge is 2.23. The normalized spacial score (nSPS) is 14.7. The molecule has 5 heteroatoms. The van der Waals surface area contributed by atoms with Crippen LogP contribution in [0.25, 0.3) is 0 Å². The van der Waals surface area contributed by atoms with Crippen molar-refractivity contribution in [1.82, 2.24) is 4.90 Å². The minimum Gasteiger partial charge on any atom is -0.445 e. The maximum absolute atomic E-state index is 13.8. The zero-order valence-corrected chi connectivity index (χ0v) is 12.8. The Bertz CT molecular complexity index is 655. The van der Waals surface area contributed by atoms with Crippen LogP contribution in [0.15, 0.2) is 54.6 Å². The van der Waals surface area contributed by atoms with E-state index in [0.717, 1.165) is 5.56 Å². The lowest BCUT2D eigenvalue weighted by Gasteiger charge is -2.35. The zero-order chi connectivity index (χ0) is 16.1. The third-order valence-electron chi connectivity index (χ3n) is 3.94. The zero-order valence-electron chi connectivity index (χ0n) is 12.8. The van der Waals surface area contributed by atoms with Crippen LogP contribution in [0.3, 0.4) is 0 Å². The van der Waals surface area contributed by atoms with Gasteiger partial charge >= 0.3 is 6.09 Å². The molecule has 0 aliphatic carbocycles. The number of halogens is 1. The lowest BCUT2D eigenvalue weighted by atomic mass is 10.2. The molecule has 0 saturated carbocycles. The van der Waals surface area contributed by atoms with Gasteiger partial charge in [0.25, 0.3) is 0 Å². The van der Waals surface area contributed by atoms with Crippen LogP contribution in [0.4, 0.5) is 14.9 Å². The van der Waals surface area contributed by atoms with Crippen molar-refractivity contribution in [2.24, 2.45) is 0 Å². The number of rotatable bonds is 3. The van der Waals surface area contributed by atoms with Crippen molar-refractivity contribution in [3.8, 4) is 0 Å². The molecule has 23 heavy (non-hydrogen) atoms. The van der Waals surface area contributed by atoms with Crippen molar-refractivity contribution in [1.29, 1.82) is 0 Å². The number of amides is 1. The highest BCUT2D eigenvalue weighted by Crippen LogP contribution is 2.20. The summed E-state index contributed by atoms with van der Waals surface area (Å²) in [5.74, 6) is -0.229. The van der Waals surface area contributed by atoms with E-state index < -0.39 is 0 Å². The number of para-hydroxylation sites is 1. The van der Waals surface area contributed by atoms with E-state index in [2.05, 4.69) is 0 Å². The first-order valence-electron chi connectivity index (χ1n) is 7.69. The fraction of sp³-hybridized carbons (Fsp3) is 0.278. The number of ether oxygens (including phenoxy) is 1. The minimum atomic E-state index is -0.318. The predicted molar refractivity (Wildman–Crippen MR) is 86.8 cm³/mol. The Morgan fingerprint density at radius 3 is 2.30 bits per heavy atom. The molecule has 0 aromatic heterocycles. The van der Waals surface area contributed by atoms with Gasteiger partial charge < -0.3 is 14.5 Å². The number of carbonyl (C=O) groups is 1. The molecule has 1 amide bonds. The van der Waals surface area contributed by atoms with Crippen LogP contribution < -0.4 is 4.90 Å². The van der Waals surface area contributed by atoms with Crippen LogP contribution in [-0.2, 0) is 11.3 Å². The summed E-state index contributed by atoms with van der Waals surface area (Å²) < 4.78 is 19.1. The number of hydrogen-bond donors (Lipinski definition) is 0. The molecule has 0 radical (unpaired) electrons. The molecule has 2 aromatic carbocycles. The first-order chi connectivity index (χ1) is 11.2. The van der Waals surface area contributed by atoms with Crippen LogP contribution >= 0.6 is 0 Å². The van der Waals surface area contributed by atoms with Gasteiger partial charge in [0.2, 0.25) is 0 Å². The molecule has 0 spiro atoms. The van der Waals surface area contributed by atoms with E-state index in [1.165, 1.54) is 6.07 Å². The average Bonchev–Trinajstić information content (AvgIpc) is 2.61. The largest absolute Gasteiger partial charge is 0.445 e. The van der Waals surface area contributed by atoms with Crippen molar-refractivity contribution >= 4 is 11.8 Å². The van der Waals surface area contributed by atoms with E-state index in [0.29, 0.717) is 31.9 Å². The van der Waals surface area contributed by atoms with Gasteiger partial charge in [0.15, 0.2) is 0 Å². The Balaban J connectivity index is 1.50. The first kappa shape index (κ1) is 15.3. The van der Waals surface area contributed by atoms with E-state index in [9.17, 15) is 9.18 Å². The highest BCUT2D eigenvalue weighted by molar-refractivity contribution is 5.68. The number of anilines is 1. The van der Waals surface area contributed by atoms with Crippen LogP contribution in [-0.4, -0.2) is 37.2 Å². The SMILES string of the molecule is O=C(OCc1ccccc1)N1CCN(c2ccccc2F)CC1. The van der Waals surface area contributed by atoms with E-state index in [1.54, 1.807) is 17.0 Å². The third kappa shape index (κ3) is 3.80. The van der Waals surface area contributed by atoms with Crippen molar-refractivity contribution in [3.05, 3.63) is 66.0 Å². The fourth-order valence-electron chi connectivity index (χ4n) is 2.65. The van der Waals surface area contributed by atoms with Crippen LogP contribution in [0.5, 0.6) is 0 Å². The number of benzene rings is 2. The molecule has 1 aliphatic heterocycles. The summed E-state index contributed by atoms with van der Waals surface area (Å²) in [5, 5.41) is 0. The molecule has 0 bridgehead atoms. The van der Waals surface area contributed by atoms with Gasteiger partial charge in [-0.25, -0.2) is 9.18 Å². The van der Waals surface area contributed by atoms with Crippen molar-refractivity contribution in [2.45, 2.75) is 6.61 Å². The second-order valence-electron chi connectivity index (χ2n) is 5.47.